The Kier molecular flexibility index (Phi) is 9.55. The Balaban J connectivity index is 1.48. The van der Waals surface area contributed by atoms with Gasteiger partial charge in [-0.25, -0.2) is 4.79 Å². The first-order valence-electron chi connectivity index (χ1n) is 11.1. The number of aliphatic carboxylic acids is 1. The van der Waals surface area contributed by atoms with Crippen LogP contribution in [0.3, 0.4) is 0 Å². The lowest BCUT2D eigenvalue weighted by Crippen LogP contribution is -2.39. The second-order valence-electron chi connectivity index (χ2n) is 7.84. The molecule has 0 saturated carbocycles. The van der Waals surface area contributed by atoms with Crippen LogP contribution in [0.2, 0.25) is 0 Å². The van der Waals surface area contributed by atoms with Crippen LogP contribution in [-0.2, 0) is 22.7 Å². The monoisotopic (exact) mass is 509 g/mol. The van der Waals surface area contributed by atoms with E-state index in [0.29, 0.717) is 23.7 Å². The number of hydrogen-bond donors (Lipinski definition) is 6. The van der Waals surface area contributed by atoms with Crippen molar-refractivity contribution in [3.63, 3.8) is 0 Å². The van der Waals surface area contributed by atoms with E-state index >= 15 is 0 Å². The topological polar surface area (TPSA) is 163 Å². The van der Waals surface area contributed by atoms with Crippen molar-refractivity contribution in [2.75, 3.05) is 11.9 Å². The quantitative estimate of drug-likeness (QED) is 0.233. The molecule has 1 atom stereocenters. The molecule has 1 aromatic heterocycles. The Morgan fingerprint density at radius 1 is 0.944 bits per heavy atom. The van der Waals surface area contributed by atoms with Gasteiger partial charge in [0.05, 0.1) is 29.6 Å². The van der Waals surface area contributed by atoms with Crippen LogP contribution in [0.1, 0.15) is 39.5 Å². The smallest absolute Gasteiger partial charge is 0.320 e. The molecule has 3 rings (SSSR count). The molecule has 11 heteroatoms. The zero-order valence-electron chi connectivity index (χ0n) is 19.3. The molecule has 0 bridgehead atoms. The van der Waals surface area contributed by atoms with Gasteiger partial charge in [-0.05, 0) is 22.8 Å². The van der Waals surface area contributed by atoms with Crippen molar-refractivity contribution in [2.45, 2.75) is 25.6 Å². The third-order valence-corrected chi connectivity index (χ3v) is 5.98. The second-order valence-corrected chi connectivity index (χ2v) is 8.75. The van der Waals surface area contributed by atoms with Gasteiger partial charge in [0.15, 0.2) is 0 Å². The molecule has 10 nitrogen and oxygen atoms in total. The predicted molar refractivity (Wildman–Crippen MR) is 136 cm³/mol. The third kappa shape index (κ3) is 8.22. The number of carbonyl (C=O) groups excluding carboxylic acids is 3. The molecule has 0 radical (unpaired) electrons. The molecule has 7 N–H and O–H groups in total. The van der Waals surface area contributed by atoms with Gasteiger partial charge in [0.2, 0.25) is 5.91 Å². The molecular formula is C25H27N5O5S. The molecule has 1 unspecified atom stereocenters. The number of thiophene rings is 1. The van der Waals surface area contributed by atoms with Gasteiger partial charge in [-0.2, -0.15) is 0 Å². The largest absolute Gasteiger partial charge is 0.481 e. The number of nitrogens with one attached hydrogen (secondary N) is 4. The van der Waals surface area contributed by atoms with Crippen LogP contribution < -0.4 is 27.0 Å². The summed E-state index contributed by atoms with van der Waals surface area (Å²) in [5.41, 5.74) is 8.32. The number of carboxylic acid groups (broad SMARTS) is 1. The van der Waals surface area contributed by atoms with E-state index in [-0.39, 0.29) is 18.5 Å². The molecule has 36 heavy (non-hydrogen) atoms. The SMILES string of the molecule is NCc1ccc(C(CC(=O)O)NC(=O)CNC(=O)c2csc(NC(=O)NCc3ccccc3)c2)cc1. The first kappa shape index (κ1) is 26.4. The first-order valence-corrected chi connectivity index (χ1v) is 12.0. The van der Waals surface area contributed by atoms with E-state index in [1.165, 1.54) is 17.4 Å². The summed E-state index contributed by atoms with van der Waals surface area (Å²) in [7, 11) is 0. The molecule has 0 aliphatic rings. The van der Waals surface area contributed by atoms with Crippen molar-refractivity contribution in [2.24, 2.45) is 5.73 Å². The van der Waals surface area contributed by atoms with Crippen molar-refractivity contribution in [3.05, 3.63) is 88.3 Å². The van der Waals surface area contributed by atoms with Crippen LogP contribution in [-0.4, -0.2) is 35.5 Å². The molecule has 3 aromatic rings. The van der Waals surface area contributed by atoms with E-state index in [2.05, 4.69) is 21.3 Å². The van der Waals surface area contributed by atoms with Gasteiger partial charge < -0.3 is 26.8 Å². The number of rotatable bonds is 11. The highest BCUT2D eigenvalue weighted by atomic mass is 32.1. The lowest BCUT2D eigenvalue weighted by Gasteiger charge is -2.18. The molecule has 188 valence electrons. The number of nitrogens with two attached hydrogens (primary N) is 1. The zero-order valence-corrected chi connectivity index (χ0v) is 20.1. The molecule has 0 fully saturated rings. The summed E-state index contributed by atoms with van der Waals surface area (Å²) in [6, 6.07) is 16.7. The Hall–Kier alpha value is -4.22. The van der Waals surface area contributed by atoms with Crippen molar-refractivity contribution < 1.29 is 24.3 Å². The standard InChI is InChI=1S/C25H27N5O5S/c26-12-16-6-8-18(9-7-16)20(11-23(32)33)29-21(31)14-27-24(34)19-10-22(36-15-19)30-25(35)28-13-17-4-2-1-3-5-17/h1-10,15,20H,11-14,26H2,(H,27,34)(H,29,31)(H,32,33)(H2,28,30,35). The lowest BCUT2D eigenvalue weighted by molar-refractivity contribution is -0.137. The maximum atomic E-state index is 12.4. The molecule has 0 aliphatic heterocycles. The van der Waals surface area contributed by atoms with E-state index in [0.717, 1.165) is 11.1 Å². The number of amides is 4. The minimum absolute atomic E-state index is 0.283. The molecule has 0 aliphatic carbocycles. The molecular weight excluding hydrogens is 482 g/mol. The summed E-state index contributed by atoms with van der Waals surface area (Å²) in [4.78, 5) is 48.2. The van der Waals surface area contributed by atoms with Crippen LogP contribution in [0.4, 0.5) is 9.80 Å². The number of hydrogen-bond acceptors (Lipinski definition) is 6. The maximum absolute atomic E-state index is 12.4. The molecule has 1 heterocycles. The van der Waals surface area contributed by atoms with E-state index in [1.54, 1.807) is 29.6 Å². The summed E-state index contributed by atoms with van der Waals surface area (Å²) in [6.45, 7) is 0.368. The Bertz CT molecular complexity index is 1200. The van der Waals surface area contributed by atoms with Gasteiger partial charge >= 0.3 is 12.0 Å². The summed E-state index contributed by atoms with van der Waals surface area (Å²) < 4.78 is 0. The van der Waals surface area contributed by atoms with E-state index in [1.807, 2.05) is 30.3 Å². The summed E-state index contributed by atoms with van der Waals surface area (Å²) in [6.07, 6.45) is -0.312. The van der Waals surface area contributed by atoms with Crippen LogP contribution >= 0.6 is 11.3 Å². The maximum Gasteiger partial charge on any atom is 0.320 e. The fourth-order valence-electron chi connectivity index (χ4n) is 3.28. The zero-order chi connectivity index (χ0) is 25.9. The van der Waals surface area contributed by atoms with Crippen molar-refractivity contribution in [1.82, 2.24) is 16.0 Å². The summed E-state index contributed by atoms with van der Waals surface area (Å²) in [5.74, 6) is -2.11. The van der Waals surface area contributed by atoms with Gasteiger partial charge in [0, 0.05) is 18.5 Å². The normalized spacial score (nSPS) is 11.2. The van der Waals surface area contributed by atoms with E-state index < -0.39 is 29.9 Å². The fraction of sp³-hybridized carbons (Fsp3) is 0.200. The Morgan fingerprint density at radius 2 is 1.67 bits per heavy atom. The second kappa shape index (κ2) is 13.0. The minimum atomic E-state index is -1.07. The first-order chi connectivity index (χ1) is 17.3. The number of carboxylic acids is 1. The molecule has 0 saturated heterocycles. The summed E-state index contributed by atoms with van der Waals surface area (Å²) in [5, 5.41) is 21.8. The number of carbonyl (C=O) groups is 4. The van der Waals surface area contributed by atoms with E-state index in [9.17, 15) is 24.3 Å². The highest BCUT2D eigenvalue weighted by Gasteiger charge is 2.19. The molecule has 4 amide bonds. The highest BCUT2D eigenvalue weighted by molar-refractivity contribution is 7.14. The lowest BCUT2D eigenvalue weighted by atomic mass is 10.0. The van der Waals surface area contributed by atoms with Gasteiger partial charge in [0.1, 0.15) is 0 Å². The summed E-state index contributed by atoms with van der Waals surface area (Å²) >= 11 is 1.17. The van der Waals surface area contributed by atoms with Crippen LogP contribution in [0, 0.1) is 0 Å². The van der Waals surface area contributed by atoms with Gasteiger partial charge in [-0.3, -0.25) is 19.7 Å². The van der Waals surface area contributed by atoms with Crippen LogP contribution in [0.15, 0.2) is 66.0 Å². The minimum Gasteiger partial charge on any atom is -0.481 e. The van der Waals surface area contributed by atoms with Crippen LogP contribution in [0.5, 0.6) is 0 Å². The van der Waals surface area contributed by atoms with Crippen molar-refractivity contribution >= 4 is 40.2 Å². The van der Waals surface area contributed by atoms with Gasteiger partial charge in [0.25, 0.3) is 5.91 Å². The number of anilines is 1. The Labute approximate surface area is 211 Å². The van der Waals surface area contributed by atoms with Gasteiger partial charge in [-0.1, -0.05) is 54.6 Å². The predicted octanol–water partition coefficient (Wildman–Crippen LogP) is 2.59. The van der Waals surface area contributed by atoms with Crippen molar-refractivity contribution in [1.29, 1.82) is 0 Å². The number of benzene rings is 2. The van der Waals surface area contributed by atoms with Crippen LogP contribution in [0.25, 0.3) is 0 Å². The van der Waals surface area contributed by atoms with Gasteiger partial charge in [-0.15, -0.1) is 11.3 Å². The molecule has 0 spiro atoms. The average Bonchev–Trinajstić information content (AvgIpc) is 3.34. The number of urea groups is 1. The highest BCUT2D eigenvalue weighted by Crippen LogP contribution is 2.20. The average molecular weight is 510 g/mol. The van der Waals surface area contributed by atoms with E-state index in [4.69, 9.17) is 5.73 Å². The fourth-order valence-corrected chi connectivity index (χ4v) is 4.05. The third-order valence-electron chi connectivity index (χ3n) is 5.14. The van der Waals surface area contributed by atoms with Crippen molar-refractivity contribution in [3.8, 4) is 0 Å². The molecule has 2 aromatic carbocycles. The Morgan fingerprint density at radius 3 is 2.33 bits per heavy atom.